The fourth-order valence-electron chi connectivity index (χ4n) is 1.86. The van der Waals surface area contributed by atoms with Crippen LogP contribution in [0.25, 0.3) is 0 Å². The lowest BCUT2D eigenvalue weighted by atomic mass is 10.2. The molecule has 2 heterocycles. The Balaban J connectivity index is 2.36. The molecule has 0 atom stereocenters. The van der Waals surface area contributed by atoms with E-state index in [2.05, 4.69) is 15.4 Å². The molecule has 112 valence electrons. The summed E-state index contributed by atoms with van der Waals surface area (Å²) in [6.45, 7) is 3.51. The van der Waals surface area contributed by atoms with E-state index in [1.54, 1.807) is 19.1 Å². The molecule has 0 saturated heterocycles. The van der Waals surface area contributed by atoms with Crippen LogP contribution in [0.5, 0.6) is 0 Å². The Bertz CT molecular complexity index is 810. The number of aromatic nitrogens is 3. The number of aryl methyl sites for hydroxylation is 3. The van der Waals surface area contributed by atoms with Crippen LogP contribution in [0.3, 0.4) is 0 Å². The number of nitrogens with two attached hydrogens (primary N) is 1. The van der Waals surface area contributed by atoms with Gasteiger partial charge in [-0.15, -0.1) is 0 Å². The van der Waals surface area contributed by atoms with Crippen molar-refractivity contribution in [1.82, 2.24) is 14.8 Å². The number of sulfonamides is 1. The van der Waals surface area contributed by atoms with Gasteiger partial charge in [0.15, 0.2) is 5.82 Å². The zero-order valence-corrected chi connectivity index (χ0v) is 12.6. The average Bonchev–Trinajstić information content (AvgIpc) is 2.69. The van der Waals surface area contributed by atoms with E-state index in [1.807, 2.05) is 6.92 Å². The number of anilines is 1. The molecule has 21 heavy (non-hydrogen) atoms. The predicted octanol–water partition coefficient (Wildman–Crippen LogP) is 0.332. The van der Waals surface area contributed by atoms with E-state index in [0.29, 0.717) is 11.3 Å². The zero-order valence-electron chi connectivity index (χ0n) is 11.8. The highest BCUT2D eigenvalue weighted by molar-refractivity contribution is 7.89. The van der Waals surface area contributed by atoms with E-state index in [-0.39, 0.29) is 10.7 Å². The summed E-state index contributed by atoms with van der Waals surface area (Å²) in [5.41, 5.74) is 1.67. The number of carbonyl (C=O) groups is 1. The molecule has 0 spiro atoms. The predicted molar refractivity (Wildman–Crippen MR) is 76.2 cm³/mol. The van der Waals surface area contributed by atoms with E-state index in [0.717, 1.165) is 5.69 Å². The highest BCUT2D eigenvalue weighted by atomic mass is 32.2. The van der Waals surface area contributed by atoms with Crippen molar-refractivity contribution in [1.29, 1.82) is 0 Å². The lowest BCUT2D eigenvalue weighted by Gasteiger charge is -2.06. The number of rotatable bonds is 3. The molecule has 8 nitrogen and oxygen atoms in total. The molecule has 0 bridgehead atoms. The number of hydrogen-bond donors (Lipinski definition) is 2. The fraction of sp³-hybridized carbons (Fsp3) is 0.250. The second kappa shape index (κ2) is 5.26. The molecule has 0 saturated carbocycles. The number of nitrogens with zero attached hydrogens (tertiary/aromatic N) is 3. The van der Waals surface area contributed by atoms with Crippen molar-refractivity contribution in [2.75, 3.05) is 5.32 Å². The van der Waals surface area contributed by atoms with E-state index in [4.69, 9.17) is 5.14 Å². The first-order valence-electron chi connectivity index (χ1n) is 6.00. The summed E-state index contributed by atoms with van der Waals surface area (Å²) < 4.78 is 24.2. The minimum atomic E-state index is -3.97. The first-order valence-corrected chi connectivity index (χ1v) is 7.55. The second-order valence-corrected chi connectivity index (χ2v) is 6.13. The van der Waals surface area contributed by atoms with Gasteiger partial charge in [0, 0.05) is 18.9 Å². The quantitative estimate of drug-likeness (QED) is 0.846. The molecule has 0 aromatic carbocycles. The van der Waals surface area contributed by atoms with Gasteiger partial charge in [0.1, 0.15) is 4.90 Å². The maximum absolute atomic E-state index is 12.2. The molecule has 0 aliphatic rings. The SMILES string of the molecule is Cc1ccc(C(=O)Nc2nn(C)cc2S(N)(=O)=O)c(C)n1. The summed E-state index contributed by atoms with van der Waals surface area (Å²) in [6, 6.07) is 3.31. The molecule has 9 heteroatoms. The summed E-state index contributed by atoms with van der Waals surface area (Å²) in [6.07, 6.45) is 1.23. The molecule has 2 aromatic heterocycles. The summed E-state index contributed by atoms with van der Waals surface area (Å²) in [4.78, 5) is 16.1. The Morgan fingerprint density at radius 3 is 2.57 bits per heavy atom. The van der Waals surface area contributed by atoms with E-state index >= 15 is 0 Å². The van der Waals surface area contributed by atoms with Crippen LogP contribution in [0, 0.1) is 13.8 Å². The van der Waals surface area contributed by atoms with E-state index in [9.17, 15) is 13.2 Å². The molecule has 0 radical (unpaired) electrons. The monoisotopic (exact) mass is 309 g/mol. The Kier molecular flexibility index (Phi) is 3.79. The zero-order chi connectivity index (χ0) is 15.8. The average molecular weight is 309 g/mol. The van der Waals surface area contributed by atoms with E-state index in [1.165, 1.54) is 17.9 Å². The lowest BCUT2D eigenvalue weighted by Crippen LogP contribution is -2.18. The maximum Gasteiger partial charge on any atom is 0.258 e. The Morgan fingerprint density at radius 2 is 2.00 bits per heavy atom. The lowest BCUT2D eigenvalue weighted by molar-refractivity contribution is 0.102. The minimum absolute atomic E-state index is 0.107. The van der Waals surface area contributed by atoms with Crippen LogP contribution in [0.2, 0.25) is 0 Å². The molecule has 3 N–H and O–H groups in total. The van der Waals surface area contributed by atoms with Crippen molar-refractivity contribution in [2.24, 2.45) is 12.2 Å². The van der Waals surface area contributed by atoms with Gasteiger partial charge in [-0.2, -0.15) is 5.10 Å². The number of carbonyl (C=O) groups excluding carboxylic acids is 1. The van der Waals surface area contributed by atoms with E-state index < -0.39 is 15.9 Å². The van der Waals surface area contributed by atoms with Crippen LogP contribution >= 0.6 is 0 Å². The van der Waals surface area contributed by atoms with Crippen molar-refractivity contribution < 1.29 is 13.2 Å². The van der Waals surface area contributed by atoms with Gasteiger partial charge >= 0.3 is 0 Å². The third-order valence-electron chi connectivity index (χ3n) is 2.80. The third-order valence-corrected chi connectivity index (χ3v) is 3.72. The summed E-state index contributed by atoms with van der Waals surface area (Å²) in [5.74, 6) is -0.603. The second-order valence-electron chi connectivity index (χ2n) is 4.60. The molecule has 1 amide bonds. The smallest absolute Gasteiger partial charge is 0.258 e. The fourth-order valence-corrected chi connectivity index (χ4v) is 2.52. The molecule has 2 rings (SSSR count). The molecular weight excluding hydrogens is 294 g/mol. The van der Waals surface area contributed by atoms with Crippen LogP contribution in [0.4, 0.5) is 5.82 Å². The number of hydrogen-bond acceptors (Lipinski definition) is 5. The number of amides is 1. The molecular formula is C12H15N5O3S. The molecule has 0 aliphatic heterocycles. The van der Waals surface area contributed by atoms with Crippen molar-refractivity contribution >= 4 is 21.7 Å². The highest BCUT2D eigenvalue weighted by Gasteiger charge is 2.21. The summed E-state index contributed by atoms with van der Waals surface area (Å²) in [5, 5.41) is 11.4. The van der Waals surface area contributed by atoms with Crippen LogP contribution in [0.1, 0.15) is 21.7 Å². The Morgan fingerprint density at radius 1 is 1.33 bits per heavy atom. The first-order chi connectivity index (χ1) is 9.68. The van der Waals surface area contributed by atoms with Gasteiger partial charge in [0.2, 0.25) is 10.0 Å². The van der Waals surface area contributed by atoms with Crippen LogP contribution in [-0.4, -0.2) is 29.1 Å². The molecule has 0 aliphatic carbocycles. The van der Waals surface area contributed by atoms with Crippen molar-refractivity contribution in [3.8, 4) is 0 Å². The standard InChI is InChI=1S/C12H15N5O3S/c1-7-4-5-9(8(2)14-7)12(18)15-11-10(21(13,19)20)6-17(3)16-11/h4-6H,1-3H3,(H2,13,19,20)(H,15,16,18). The Hall–Kier alpha value is -2.26. The summed E-state index contributed by atoms with van der Waals surface area (Å²) in [7, 11) is -2.44. The van der Waals surface area contributed by atoms with Crippen LogP contribution in [0.15, 0.2) is 23.2 Å². The van der Waals surface area contributed by atoms with Gasteiger partial charge < -0.3 is 5.32 Å². The molecule has 2 aromatic rings. The van der Waals surface area contributed by atoms with Gasteiger partial charge in [-0.3, -0.25) is 14.5 Å². The third kappa shape index (κ3) is 3.26. The van der Waals surface area contributed by atoms with Crippen LogP contribution in [-0.2, 0) is 17.1 Å². The van der Waals surface area contributed by atoms with Crippen molar-refractivity contribution in [2.45, 2.75) is 18.7 Å². The maximum atomic E-state index is 12.2. The van der Waals surface area contributed by atoms with Crippen LogP contribution < -0.4 is 10.5 Å². The van der Waals surface area contributed by atoms with Crippen molar-refractivity contribution in [3.63, 3.8) is 0 Å². The Labute approximate surface area is 122 Å². The van der Waals surface area contributed by atoms with Gasteiger partial charge in [-0.1, -0.05) is 0 Å². The highest BCUT2D eigenvalue weighted by Crippen LogP contribution is 2.18. The van der Waals surface area contributed by atoms with Gasteiger partial charge in [0.05, 0.1) is 11.3 Å². The molecule has 0 fully saturated rings. The number of nitrogens with one attached hydrogen (secondary N) is 1. The van der Waals surface area contributed by atoms with Crippen molar-refractivity contribution in [3.05, 3.63) is 35.3 Å². The number of pyridine rings is 1. The largest absolute Gasteiger partial charge is 0.304 e. The topological polar surface area (TPSA) is 120 Å². The van der Waals surface area contributed by atoms with Gasteiger partial charge in [-0.25, -0.2) is 13.6 Å². The first kappa shape index (κ1) is 15.1. The normalized spacial score (nSPS) is 11.4. The number of primary sulfonamides is 1. The summed E-state index contributed by atoms with van der Waals surface area (Å²) >= 11 is 0. The molecule has 0 unspecified atom stereocenters. The van der Waals surface area contributed by atoms with Gasteiger partial charge in [-0.05, 0) is 26.0 Å². The van der Waals surface area contributed by atoms with Gasteiger partial charge in [0.25, 0.3) is 5.91 Å². The minimum Gasteiger partial charge on any atom is -0.304 e.